The van der Waals surface area contributed by atoms with Gasteiger partial charge in [0, 0.05) is 32.0 Å². The van der Waals surface area contributed by atoms with Gasteiger partial charge < -0.3 is 14.2 Å². The molecule has 2 aliphatic rings. The predicted octanol–water partition coefficient (Wildman–Crippen LogP) is 3.49. The van der Waals surface area contributed by atoms with E-state index < -0.39 is 6.10 Å². The molecule has 3 heterocycles. The number of benzene rings is 1. The highest BCUT2D eigenvalue weighted by molar-refractivity contribution is 5.81. The van der Waals surface area contributed by atoms with Gasteiger partial charge in [-0.3, -0.25) is 4.79 Å². The maximum Gasteiger partial charge on any atom is 0.263 e. The second kappa shape index (κ2) is 8.33. The van der Waals surface area contributed by atoms with Gasteiger partial charge in [-0.1, -0.05) is 18.6 Å². The quantitative estimate of drug-likeness (QED) is 0.812. The van der Waals surface area contributed by atoms with E-state index in [-0.39, 0.29) is 11.8 Å². The summed E-state index contributed by atoms with van der Waals surface area (Å²) in [4.78, 5) is 15.0. The summed E-state index contributed by atoms with van der Waals surface area (Å²) in [6.07, 6.45) is 6.23. The molecule has 2 aromatic rings. The first kappa shape index (κ1) is 19.0. The average molecular weight is 383 g/mol. The highest BCUT2D eigenvalue weighted by Gasteiger charge is 2.31. The van der Waals surface area contributed by atoms with E-state index in [0.717, 1.165) is 55.3 Å². The lowest BCUT2D eigenvalue weighted by Crippen LogP contribution is -2.45. The molecule has 4 rings (SSSR count). The van der Waals surface area contributed by atoms with Gasteiger partial charge in [-0.05, 0) is 57.2 Å². The number of nitrogens with zero attached hydrogens (tertiary/aromatic N) is 4. The smallest absolute Gasteiger partial charge is 0.263 e. The average Bonchev–Trinajstić information content (AvgIpc) is 2.96. The Kier molecular flexibility index (Phi) is 5.64. The zero-order valence-corrected chi connectivity index (χ0v) is 16.9. The molecule has 1 amide bonds. The highest BCUT2D eigenvalue weighted by Crippen LogP contribution is 2.28. The number of rotatable bonds is 4. The topological polar surface area (TPSA) is 60.2 Å². The van der Waals surface area contributed by atoms with Crippen molar-refractivity contribution in [3.8, 4) is 5.75 Å². The summed E-state index contributed by atoms with van der Waals surface area (Å²) < 4.78 is 8.24. The summed E-state index contributed by atoms with van der Waals surface area (Å²) in [6, 6.07) is 7.85. The van der Waals surface area contributed by atoms with E-state index in [0.29, 0.717) is 6.54 Å². The van der Waals surface area contributed by atoms with Crippen LogP contribution in [0.15, 0.2) is 24.3 Å². The van der Waals surface area contributed by atoms with Gasteiger partial charge in [0.1, 0.15) is 17.4 Å². The minimum absolute atomic E-state index is 0.0572. The van der Waals surface area contributed by atoms with Crippen molar-refractivity contribution in [2.45, 2.75) is 70.9 Å². The zero-order valence-electron chi connectivity index (χ0n) is 16.9. The van der Waals surface area contributed by atoms with Crippen molar-refractivity contribution in [2.24, 2.45) is 0 Å². The van der Waals surface area contributed by atoms with Crippen LogP contribution in [0, 0.1) is 6.92 Å². The molecule has 1 fully saturated rings. The fraction of sp³-hybridized carbons (Fsp3) is 0.591. The third-order valence-corrected chi connectivity index (χ3v) is 5.89. The summed E-state index contributed by atoms with van der Waals surface area (Å²) >= 11 is 0. The Balaban J connectivity index is 1.43. The van der Waals surface area contributed by atoms with Crippen LogP contribution in [0.5, 0.6) is 5.75 Å². The number of likely N-dealkylation sites (tertiary alicyclic amines) is 1. The highest BCUT2D eigenvalue weighted by atomic mass is 16.5. The molecule has 1 aromatic heterocycles. The Labute approximate surface area is 166 Å². The van der Waals surface area contributed by atoms with E-state index in [1.165, 1.54) is 19.3 Å². The summed E-state index contributed by atoms with van der Waals surface area (Å²) in [5.41, 5.74) is 1.13. The first-order valence-corrected chi connectivity index (χ1v) is 10.6. The predicted molar refractivity (Wildman–Crippen MR) is 107 cm³/mol. The van der Waals surface area contributed by atoms with Crippen LogP contribution in [0.3, 0.4) is 0 Å². The van der Waals surface area contributed by atoms with E-state index in [2.05, 4.69) is 14.8 Å². The molecule has 2 atom stereocenters. The number of carbonyl (C=O) groups excluding carboxylic acids is 1. The number of aryl methyl sites for hydroxylation is 2. The summed E-state index contributed by atoms with van der Waals surface area (Å²) in [7, 11) is 0. The number of hydrogen-bond donors (Lipinski definition) is 0. The Hall–Kier alpha value is -2.37. The Morgan fingerprint density at radius 3 is 2.93 bits per heavy atom. The molecule has 0 radical (unpaired) electrons. The van der Waals surface area contributed by atoms with Crippen LogP contribution in [0.1, 0.15) is 62.2 Å². The van der Waals surface area contributed by atoms with Gasteiger partial charge in [-0.25, -0.2) is 0 Å². The first-order chi connectivity index (χ1) is 13.6. The molecule has 6 heteroatoms. The van der Waals surface area contributed by atoms with Crippen LogP contribution < -0.4 is 4.74 Å². The van der Waals surface area contributed by atoms with Crippen molar-refractivity contribution in [3.05, 3.63) is 41.5 Å². The number of hydrogen-bond acceptors (Lipinski definition) is 4. The van der Waals surface area contributed by atoms with E-state index in [1.807, 2.05) is 43.0 Å². The summed E-state index contributed by atoms with van der Waals surface area (Å²) in [5, 5.41) is 8.97. The normalized spacial score (nSPS) is 20.9. The van der Waals surface area contributed by atoms with E-state index in [9.17, 15) is 4.79 Å². The lowest BCUT2D eigenvalue weighted by molar-refractivity contribution is -0.139. The molecule has 0 bridgehead atoms. The second-order valence-corrected chi connectivity index (χ2v) is 8.14. The third kappa shape index (κ3) is 4.05. The molecule has 28 heavy (non-hydrogen) atoms. The number of carbonyl (C=O) groups is 1. The van der Waals surface area contributed by atoms with Crippen LogP contribution >= 0.6 is 0 Å². The summed E-state index contributed by atoms with van der Waals surface area (Å²) in [6.45, 7) is 6.37. The van der Waals surface area contributed by atoms with Crippen molar-refractivity contribution in [3.63, 3.8) is 0 Å². The van der Waals surface area contributed by atoms with Gasteiger partial charge in [-0.2, -0.15) is 0 Å². The van der Waals surface area contributed by atoms with Gasteiger partial charge in [0.05, 0.1) is 0 Å². The fourth-order valence-corrected chi connectivity index (χ4v) is 4.40. The molecular weight excluding hydrogens is 352 g/mol. The van der Waals surface area contributed by atoms with Crippen LogP contribution in [-0.2, 0) is 17.8 Å². The van der Waals surface area contributed by atoms with Crippen LogP contribution in [0.2, 0.25) is 0 Å². The summed E-state index contributed by atoms with van der Waals surface area (Å²) in [5.74, 6) is 3.26. The van der Waals surface area contributed by atoms with Crippen LogP contribution in [0.25, 0.3) is 0 Å². The molecule has 150 valence electrons. The van der Waals surface area contributed by atoms with Crippen LogP contribution in [-0.4, -0.2) is 44.8 Å². The number of piperidine rings is 1. The molecule has 0 saturated carbocycles. The molecule has 1 saturated heterocycles. The maximum absolute atomic E-state index is 13.0. The number of amides is 1. The zero-order chi connectivity index (χ0) is 19.5. The fourth-order valence-electron chi connectivity index (χ4n) is 4.40. The monoisotopic (exact) mass is 382 g/mol. The SMILES string of the molecule is Cc1cccc(OC(C)C(=O)N2CCCC(c3nnc4n3CCCCC4)C2)c1. The largest absolute Gasteiger partial charge is 0.481 e. The van der Waals surface area contributed by atoms with Crippen molar-refractivity contribution < 1.29 is 9.53 Å². The second-order valence-electron chi connectivity index (χ2n) is 8.14. The lowest BCUT2D eigenvalue weighted by atomic mass is 9.96. The van der Waals surface area contributed by atoms with E-state index in [4.69, 9.17) is 4.74 Å². The van der Waals surface area contributed by atoms with E-state index >= 15 is 0 Å². The molecule has 1 aromatic carbocycles. The third-order valence-electron chi connectivity index (χ3n) is 5.89. The van der Waals surface area contributed by atoms with Crippen LogP contribution in [0.4, 0.5) is 0 Å². The number of ether oxygens (including phenoxy) is 1. The number of fused-ring (bicyclic) bond motifs is 1. The number of aromatic nitrogens is 3. The van der Waals surface area contributed by atoms with Crippen molar-refractivity contribution in [2.75, 3.05) is 13.1 Å². The lowest BCUT2D eigenvalue weighted by Gasteiger charge is -2.34. The Morgan fingerprint density at radius 2 is 2.07 bits per heavy atom. The molecular formula is C22H30N4O2. The van der Waals surface area contributed by atoms with Gasteiger partial charge in [0.25, 0.3) is 5.91 Å². The Bertz CT molecular complexity index is 832. The molecule has 0 spiro atoms. The minimum atomic E-state index is -0.490. The van der Waals surface area contributed by atoms with Gasteiger partial charge in [0.15, 0.2) is 6.10 Å². The standard InChI is InChI=1S/C22H30N4O2/c1-16-8-6-10-19(14-16)28-17(2)22(27)25-12-7-9-18(15-25)21-24-23-20-11-4-3-5-13-26(20)21/h6,8,10,14,17-18H,3-5,7,9,11-13,15H2,1-2H3. The van der Waals surface area contributed by atoms with Gasteiger partial charge in [-0.15, -0.1) is 10.2 Å². The molecule has 2 aliphatic heterocycles. The molecule has 6 nitrogen and oxygen atoms in total. The van der Waals surface area contributed by atoms with Gasteiger partial charge in [0.2, 0.25) is 0 Å². The maximum atomic E-state index is 13.0. The van der Waals surface area contributed by atoms with Crippen molar-refractivity contribution >= 4 is 5.91 Å². The molecule has 2 unspecified atom stereocenters. The first-order valence-electron chi connectivity index (χ1n) is 10.6. The van der Waals surface area contributed by atoms with Crippen molar-refractivity contribution in [1.82, 2.24) is 19.7 Å². The minimum Gasteiger partial charge on any atom is -0.481 e. The Morgan fingerprint density at radius 1 is 1.18 bits per heavy atom. The van der Waals surface area contributed by atoms with Crippen molar-refractivity contribution in [1.29, 1.82) is 0 Å². The molecule has 0 N–H and O–H groups in total. The molecule has 0 aliphatic carbocycles. The van der Waals surface area contributed by atoms with E-state index in [1.54, 1.807) is 0 Å². The van der Waals surface area contributed by atoms with Gasteiger partial charge >= 0.3 is 0 Å².